The van der Waals surface area contributed by atoms with Crippen LogP contribution in [0.2, 0.25) is 10.0 Å². The Morgan fingerprint density at radius 2 is 1.96 bits per heavy atom. The molecule has 1 amide bonds. The molecule has 2 aromatic carbocycles. The standard InChI is InChI=1S/C18H15Cl2N3O3/c1-11(21-16(24)10-25-15-7-5-13(19)6-8-15)18-22-17(23-26-18)12-3-2-4-14(20)9-12/h2-9,11H,10H2,1H3,(H,21,24). The third-order valence-corrected chi connectivity index (χ3v) is 3.94. The minimum atomic E-state index is -0.461. The van der Waals surface area contributed by atoms with E-state index in [0.717, 1.165) is 5.56 Å². The molecule has 0 saturated carbocycles. The number of nitrogens with one attached hydrogen (secondary N) is 1. The van der Waals surface area contributed by atoms with Crippen LogP contribution in [-0.2, 0) is 4.79 Å². The van der Waals surface area contributed by atoms with Gasteiger partial charge in [0.2, 0.25) is 11.7 Å². The summed E-state index contributed by atoms with van der Waals surface area (Å²) in [6.07, 6.45) is 0. The Morgan fingerprint density at radius 1 is 1.19 bits per heavy atom. The van der Waals surface area contributed by atoms with Crippen molar-refractivity contribution >= 4 is 29.1 Å². The molecule has 3 rings (SSSR count). The summed E-state index contributed by atoms with van der Waals surface area (Å²) in [4.78, 5) is 16.3. The molecule has 0 aliphatic rings. The first-order chi connectivity index (χ1) is 12.5. The molecule has 1 unspecified atom stereocenters. The summed E-state index contributed by atoms with van der Waals surface area (Å²) in [7, 11) is 0. The smallest absolute Gasteiger partial charge is 0.258 e. The molecule has 26 heavy (non-hydrogen) atoms. The number of carbonyl (C=O) groups is 1. The van der Waals surface area contributed by atoms with Crippen molar-refractivity contribution in [2.24, 2.45) is 0 Å². The Balaban J connectivity index is 1.56. The normalized spacial score (nSPS) is 11.8. The second-order valence-corrected chi connectivity index (χ2v) is 6.37. The fraction of sp³-hybridized carbons (Fsp3) is 0.167. The molecule has 6 nitrogen and oxygen atoms in total. The maximum Gasteiger partial charge on any atom is 0.258 e. The molecule has 0 aliphatic heterocycles. The zero-order valence-electron chi connectivity index (χ0n) is 13.8. The molecule has 0 saturated heterocycles. The van der Waals surface area contributed by atoms with Crippen LogP contribution >= 0.6 is 23.2 Å². The number of nitrogens with zero attached hydrogens (tertiary/aromatic N) is 2. The number of aromatic nitrogens is 2. The highest BCUT2D eigenvalue weighted by molar-refractivity contribution is 6.31. The van der Waals surface area contributed by atoms with Gasteiger partial charge in [-0.25, -0.2) is 0 Å². The van der Waals surface area contributed by atoms with Crippen LogP contribution in [0.3, 0.4) is 0 Å². The summed E-state index contributed by atoms with van der Waals surface area (Å²) in [5.74, 6) is 0.939. The SMILES string of the molecule is CC(NC(=O)COc1ccc(Cl)cc1)c1nc(-c2cccc(Cl)c2)no1. The third-order valence-electron chi connectivity index (χ3n) is 3.46. The lowest BCUT2D eigenvalue weighted by Gasteiger charge is -2.10. The molecule has 1 N–H and O–H groups in total. The Bertz CT molecular complexity index is 897. The van der Waals surface area contributed by atoms with Crippen molar-refractivity contribution in [2.75, 3.05) is 6.61 Å². The predicted molar refractivity (Wildman–Crippen MR) is 98.2 cm³/mol. The van der Waals surface area contributed by atoms with E-state index in [-0.39, 0.29) is 12.5 Å². The number of ether oxygens (including phenoxy) is 1. The van der Waals surface area contributed by atoms with Crippen molar-refractivity contribution in [3.63, 3.8) is 0 Å². The van der Waals surface area contributed by atoms with Gasteiger partial charge in [-0.2, -0.15) is 4.98 Å². The zero-order valence-corrected chi connectivity index (χ0v) is 15.3. The van der Waals surface area contributed by atoms with Crippen LogP contribution < -0.4 is 10.1 Å². The summed E-state index contributed by atoms with van der Waals surface area (Å²) >= 11 is 11.8. The minimum absolute atomic E-state index is 0.138. The fourth-order valence-corrected chi connectivity index (χ4v) is 2.50. The number of carbonyl (C=O) groups excluding carboxylic acids is 1. The van der Waals surface area contributed by atoms with Gasteiger partial charge < -0.3 is 14.6 Å². The number of rotatable bonds is 6. The second-order valence-electron chi connectivity index (χ2n) is 5.50. The summed E-state index contributed by atoms with van der Waals surface area (Å²) in [6.45, 7) is 1.61. The predicted octanol–water partition coefficient (Wildman–Crippen LogP) is 4.30. The molecule has 1 aromatic heterocycles. The zero-order chi connectivity index (χ0) is 18.5. The van der Waals surface area contributed by atoms with E-state index in [1.54, 1.807) is 49.4 Å². The van der Waals surface area contributed by atoms with E-state index in [9.17, 15) is 4.79 Å². The van der Waals surface area contributed by atoms with Crippen LogP contribution in [0.5, 0.6) is 5.75 Å². The highest BCUT2D eigenvalue weighted by Crippen LogP contribution is 2.21. The monoisotopic (exact) mass is 391 g/mol. The molecule has 1 atom stereocenters. The van der Waals surface area contributed by atoms with Gasteiger partial charge in [0.15, 0.2) is 6.61 Å². The molecule has 1 heterocycles. The minimum Gasteiger partial charge on any atom is -0.484 e. The number of hydrogen-bond donors (Lipinski definition) is 1. The lowest BCUT2D eigenvalue weighted by molar-refractivity contribution is -0.123. The van der Waals surface area contributed by atoms with Crippen LogP contribution in [0.25, 0.3) is 11.4 Å². The van der Waals surface area contributed by atoms with Crippen LogP contribution in [0.1, 0.15) is 18.9 Å². The van der Waals surface area contributed by atoms with Gasteiger partial charge in [0.25, 0.3) is 5.91 Å². The van der Waals surface area contributed by atoms with E-state index < -0.39 is 6.04 Å². The van der Waals surface area contributed by atoms with E-state index in [1.165, 1.54) is 0 Å². The maximum absolute atomic E-state index is 12.0. The van der Waals surface area contributed by atoms with Crippen molar-refractivity contribution in [1.29, 1.82) is 0 Å². The molecule has 0 spiro atoms. The van der Waals surface area contributed by atoms with Gasteiger partial charge in [-0.3, -0.25) is 4.79 Å². The highest BCUT2D eigenvalue weighted by Gasteiger charge is 2.17. The molecule has 8 heteroatoms. The molecule has 3 aromatic rings. The lowest BCUT2D eigenvalue weighted by Crippen LogP contribution is -2.31. The third kappa shape index (κ3) is 4.74. The van der Waals surface area contributed by atoms with Gasteiger partial charge in [-0.1, -0.05) is 40.5 Å². The van der Waals surface area contributed by atoms with E-state index >= 15 is 0 Å². The topological polar surface area (TPSA) is 77.2 Å². The van der Waals surface area contributed by atoms with Crippen molar-refractivity contribution in [3.05, 3.63) is 64.5 Å². The van der Waals surface area contributed by atoms with Crippen molar-refractivity contribution in [2.45, 2.75) is 13.0 Å². The molecule has 0 fully saturated rings. The number of halogens is 2. The summed E-state index contributed by atoms with van der Waals surface area (Å²) in [5, 5.41) is 7.84. The van der Waals surface area contributed by atoms with Gasteiger partial charge in [0.05, 0.1) is 0 Å². The van der Waals surface area contributed by atoms with Crippen molar-refractivity contribution in [1.82, 2.24) is 15.5 Å². The molecule has 0 aliphatic carbocycles. The lowest BCUT2D eigenvalue weighted by atomic mass is 10.2. The van der Waals surface area contributed by atoms with Gasteiger partial charge in [0.1, 0.15) is 11.8 Å². The maximum atomic E-state index is 12.0. The Kier molecular flexibility index (Phi) is 5.75. The van der Waals surface area contributed by atoms with Gasteiger partial charge in [-0.05, 0) is 43.3 Å². The van der Waals surface area contributed by atoms with E-state index in [4.69, 9.17) is 32.5 Å². The highest BCUT2D eigenvalue weighted by atomic mass is 35.5. The van der Waals surface area contributed by atoms with Gasteiger partial charge in [0, 0.05) is 15.6 Å². The molecular weight excluding hydrogens is 377 g/mol. The average molecular weight is 392 g/mol. The van der Waals surface area contributed by atoms with Crippen LogP contribution in [-0.4, -0.2) is 22.7 Å². The van der Waals surface area contributed by atoms with E-state index in [1.807, 2.05) is 6.07 Å². The number of amides is 1. The quantitative estimate of drug-likeness (QED) is 0.677. The Labute approximate surface area is 160 Å². The van der Waals surface area contributed by atoms with Gasteiger partial charge >= 0.3 is 0 Å². The van der Waals surface area contributed by atoms with E-state index in [2.05, 4.69) is 15.5 Å². The van der Waals surface area contributed by atoms with Crippen molar-refractivity contribution < 1.29 is 14.1 Å². The van der Waals surface area contributed by atoms with Crippen molar-refractivity contribution in [3.8, 4) is 17.1 Å². The Hall–Kier alpha value is -2.57. The molecular formula is C18H15Cl2N3O3. The Morgan fingerprint density at radius 3 is 2.69 bits per heavy atom. The van der Waals surface area contributed by atoms with E-state index in [0.29, 0.717) is 27.5 Å². The number of benzene rings is 2. The van der Waals surface area contributed by atoms with Crippen LogP contribution in [0.15, 0.2) is 53.1 Å². The first-order valence-electron chi connectivity index (χ1n) is 7.78. The molecule has 0 radical (unpaired) electrons. The fourth-order valence-electron chi connectivity index (χ4n) is 2.18. The summed E-state index contributed by atoms with van der Waals surface area (Å²) in [6, 6.07) is 13.4. The number of hydrogen-bond acceptors (Lipinski definition) is 5. The molecule has 134 valence electrons. The first kappa shape index (κ1) is 18.2. The van der Waals surface area contributed by atoms with Crippen LogP contribution in [0.4, 0.5) is 0 Å². The van der Waals surface area contributed by atoms with Crippen LogP contribution in [0, 0.1) is 0 Å². The second kappa shape index (κ2) is 8.21. The first-order valence-corrected chi connectivity index (χ1v) is 8.54. The molecule has 0 bridgehead atoms. The summed E-state index contributed by atoms with van der Waals surface area (Å²) < 4.78 is 10.6. The summed E-state index contributed by atoms with van der Waals surface area (Å²) in [5.41, 5.74) is 0.733. The largest absolute Gasteiger partial charge is 0.484 e. The average Bonchev–Trinajstić information content (AvgIpc) is 3.11. The van der Waals surface area contributed by atoms with Gasteiger partial charge in [-0.15, -0.1) is 0 Å².